The molecule has 140 valence electrons. The van der Waals surface area contributed by atoms with E-state index < -0.39 is 16.7 Å². The molecule has 28 heavy (non-hydrogen) atoms. The molecule has 0 saturated heterocycles. The minimum Gasteiger partial charge on any atom is -0.482 e. The summed E-state index contributed by atoms with van der Waals surface area (Å²) in [6, 6.07) is 12.9. The smallest absolute Gasteiger partial charge is 0.271 e. The van der Waals surface area contributed by atoms with Crippen molar-refractivity contribution in [3.05, 3.63) is 64.8 Å². The third-order valence-electron chi connectivity index (χ3n) is 4.32. The van der Waals surface area contributed by atoms with Gasteiger partial charge in [0.2, 0.25) is 5.91 Å². The fourth-order valence-electron chi connectivity index (χ4n) is 3.02. The molecule has 3 aromatic rings. The molecular weight excluding hydrogens is 364 g/mol. The quantitative estimate of drug-likeness (QED) is 0.551. The van der Waals surface area contributed by atoms with Crippen molar-refractivity contribution < 1.29 is 19.2 Å². The second kappa shape index (κ2) is 6.95. The van der Waals surface area contributed by atoms with Gasteiger partial charge in [-0.25, -0.2) is 0 Å². The number of aromatic nitrogens is 1. The van der Waals surface area contributed by atoms with Crippen LogP contribution in [0, 0.1) is 10.1 Å². The predicted octanol–water partition coefficient (Wildman–Crippen LogP) is 2.51. The fraction of sp³-hybridized carbons (Fsp3) is 0.105. The first-order chi connectivity index (χ1) is 13.5. The van der Waals surface area contributed by atoms with Crippen molar-refractivity contribution in [3.8, 4) is 5.75 Å². The number of anilines is 2. The number of hydrogen-bond donors (Lipinski definition) is 1. The number of fused-ring (bicyclic) bond motifs is 2. The predicted molar refractivity (Wildman–Crippen MR) is 101 cm³/mol. The Morgan fingerprint density at radius 3 is 2.93 bits per heavy atom. The van der Waals surface area contributed by atoms with E-state index in [0.717, 1.165) is 10.9 Å². The van der Waals surface area contributed by atoms with Gasteiger partial charge in [-0.3, -0.25) is 29.6 Å². The summed E-state index contributed by atoms with van der Waals surface area (Å²) >= 11 is 0. The molecule has 0 saturated carbocycles. The molecule has 2 aromatic carbocycles. The van der Waals surface area contributed by atoms with E-state index in [0.29, 0.717) is 11.4 Å². The lowest BCUT2D eigenvalue weighted by Gasteiger charge is -2.28. The summed E-state index contributed by atoms with van der Waals surface area (Å²) in [6.45, 7) is -0.538. The Balaban J connectivity index is 1.60. The molecule has 0 unspecified atom stereocenters. The second-order valence-corrected chi connectivity index (χ2v) is 6.10. The third-order valence-corrected chi connectivity index (χ3v) is 4.32. The van der Waals surface area contributed by atoms with Gasteiger partial charge in [0.05, 0.1) is 21.8 Å². The maximum absolute atomic E-state index is 12.6. The molecule has 0 spiro atoms. The normalized spacial score (nSPS) is 13.0. The average Bonchev–Trinajstić information content (AvgIpc) is 2.70. The van der Waals surface area contributed by atoms with Gasteiger partial charge >= 0.3 is 0 Å². The fourth-order valence-corrected chi connectivity index (χ4v) is 3.02. The number of hydrogen-bond acceptors (Lipinski definition) is 6. The summed E-state index contributed by atoms with van der Waals surface area (Å²) in [5.41, 5.74) is 1.29. The lowest BCUT2D eigenvalue weighted by Crippen LogP contribution is -2.43. The second-order valence-electron chi connectivity index (χ2n) is 6.10. The molecule has 0 fully saturated rings. The van der Waals surface area contributed by atoms with Crippen LogP contribution in [0.4, 0.5) is 17.1 Å². The third kappa shape index (κ3) is 3.20. The Bertz CT molecular complexity index is 1110. The molecule has 0 bridgehead atoms. The Morgan fingerprint density at radius 1 is 1.25 bits per heavy atom. The molecular formula is C19H14N4O5. The molecule has 1 N–H and O–H groups in total. The minimum atomic E-state index is -0.569. The van der Waals surface area contributed by atoms with Gasteiger partial charge in [0.1, 0.15) is 12.3 Å². The molecule has 2 amide bonds. The van der Waals surface area contributed by atoms with E-state index in [9.17, 15) is 19.7 Å². The number of carbonyl (C=O) groups is 2. The Morgan fingerprint density at radius 2 is 2.11 bits per heavy atom. The van der Waals surface area contributed by atoms with E-state index in [1.165, 1.54) is 23.1 Å². The van der Waals surface area contributed by atoms with Crippen molar-refractivity contribution in [1.82, 2.24) is 4.98 Å². The molecule has 0 atom stereocenters. The van der Waals surface area contributed by atoms with Crippen LogP contribution in [-0.4, -0.2) is 34.9 Å². The molecule has 1 aliphatic rings. The SMILES string of the molecule is O=C(CN1C(=O)COc2ccc([N+](=O)[O-])cc21)Nc1cccc2ncccc12. The summed E-state index contributed by atoms with van der Waals surface area (Å²) in [7, 11) is 0. The number of nitro groups is 1. The lowest BCUT2D eigenvalue weighted by molar-refractivity contribution is -0.384. The first-order valence-corrected chi connectivity index (χ1v) is 8.38. The van der Waals surface area contributed by atoms with Gasteiger partial charge in [-0.2, -0.15) is 0 Å². The van der Waals surface area contributed by atoms with Gasteiger partial charge in [0.15, 0.2) is 6.61 Å². The van der Waals surface area contributed by atoms with Crippen LogP contribution in [-0.2, 0) is 9.59 Å². The van der Waals surface area contributed by atoms with Crippen LogP contribution >= 0.6 is 0 Å². The van der Waals surface area contributed by atoms with Gasteiger partial charge in [-0.15, -0.1) is 0 Å². The van der Waals surface area contributed by atoms with Gasteiger partial charge in [-0.05, 0) is 30.3 Å². The highest BCUT2D eigenvalue weighted by molar-refractivity contribution is 6.07. The first kappa shape index (κ1) is 17.4. The lowest BCUT2D eigenvalue weighted by atomic mass is 10.1. The average molecular weight is 378 g/mol. The molecule has 9 nitrogen and oxygen atoms in total. The van der Waals surface area contributed by atoms with Crippen molar-refractivity contribution in [2.75, 3.05) is 23.4 Å². The number of rotatable bonds is 4. The van der Waals surface area contributed by atoms with E-state index in [4.69, 9.17) is 4.74 Å². The van der Waals surface area contributed by atoms with Gasteiger partial charge in [-0.1, -0.05) is 6.07 Å². The molecule has 0 aliphatic carbocycles. The number of nitrogens with zero attached hydrogens (tertiary/aromatic N) is 3. The molecule has 4 rings (SSSR count). The Labute approximate surface area is 158 Å². The highest BCUT2D eigenvalue weighted by atomic mass is 16.6. The number of amides is 2. The molecule has 9 heteroatoms. The van der Waals surface area contributed by atoms with E-state index >= 15 is 0 Å². The molecule has 1 aliphatic heterocycles. The van der Waals surface area contributed by atoms with Crippen LogP contribution in [0.25, 0.3) is 10.9 Å². The highest BCUT2D eigenvalue weighted by Crippen LogP contribution is 2.35. The first-order valence-electron chi connectivity index (χ1n) is 8.38. The van der Waals surface area contributed by atoms with Crippen molar-refractivity contribution in [3.63, 3.8) is 0 Å². The minimum absolute atomic E-state index is 0.192. The Kier molecular flexibility index (Phi) is 4.32. The zero-order valence-electron chi connectivity index (χ0n) is 14.5. The Hall–Kier alpha value is -4.01. The summed E-state index contributed by atoms with van der Waals surface area (Å²) < 4.78 is 5.30. The zero-order valence-corrected chi connectivity index (χ0v) is 14.5. The maximum atomic E-state index is 12.6. The number of ether oxygens (including phenoxy) is 1. The maximum Gasteiger partial charge on any atom is 0.271 e. The van der Waals surface area contributed by atoms with Crippen LogP contribution < -0.4 is 15.0 Å². The van der Waals surface area contributed by atoms with Gasteiger partial charge < -0.3 is 10.1 Å². The number of non-ortho nitro benzene ring substituents is 1. The van der Waals surface area contributed by atoms with E-state index in [2.05, 4.69) is 10.3 Å². The van der Waals surface area contributed by atoms with E-state index in [-0.39, 0.29) is 24.5 Å². The van der Waals surface area contributed by atoms with Crippen LogP contribution in [0.1, 0.15) is 0 Å². The van der Waals surface area contributed by atoms with Crippen LogP contribution in [0.3, 0.4) is 0 Å². The zero-order chi connectivity index (χ0) is 19.7. The van der Waals surface area contributed by atoms with Crippen LogP contribution in [0.5, 0.6) is 5.75 Å². The number of nitro benzene ring substituents is 1. The van der Waals surface area contributed by atoms with Crippen molar-refractivity contribution >= 4 is 39.8 Å². The van der Waals surface area contributed by atoms with Gasteiger partial charge in [0, 0.05) is 23.7 Å². The summed E-state index contributed by atoms with van der Waals surface area (Å²) in [5, 5.41) is 14.6. The standard InChI is InChI=1S/C19H14N4O5/c24-18(21-15-5-1-4-14-13(15)3-2-8-20-14)10-22-16-9-12(23(26)27)6-7-17(16)28-11-19(22)25/h1-9H,10-11H2,(H,21,24). The van der Waals surface area contributed by atoms with Crippen molar-refractivity contribution in [1.29, 1.82) is 0 Å². The van der Waals surface area contributed by atoms with Crippen molar-refractivity contribution in [2.24, 2.45) is 0 Å². The largest absolute Gasteiger partial charge is 0.482 e. The van der Waals surface area contributed by atoms with Gasteiger partial charge in [0.25, 0.3) is 11.6 Å². The monoisotopic (exact) mass is 378 g/mol. The summed E-state index contributed by atoms with van der Waals surface area (Å²) in [6.07, 6.45) is 1.66. The van der Waals surface area contributed by atoms with E-state index in [1.54, 1.807) is 24.4 Å². The van der Waals surface area contributed by atoms with Crippen LogP contribution in [0.15, 0.2) is 54.7 Å². The van der Waals surface area contributed by atoms with Crippen molar-refractivity contribution in [2.45, 2.75) is 0 Å². The van der Waals surface area contributed by atoms with E-state index in [1.807, 2.05) is 12.1 Å². The number of benzene rings is 2. The molecule has 2 heterocycles. The molecule has 1 aromatic heterocycles. The summed E-state index contributed by atoms with van der Waals surface area (Å²) in [5.74, 6) is -0.584. The highest BCUT2D eigenvalue weighted by Gasteiger charge is 2.29. The molecule has 0 radical (unpaired) electrons. The number of carbonyl (C=O) groups excluding carboxylic acids is 2. The topological polar surface area (TPSA) is 115 Å². The van der Waals surface area contributed by atoms with Crippen LogP contribution in [0.2, 0.25) is 0 Å². The number of pyridine rings is 1. The summed E-state index contributed by atoms with van der Waals surface area (Å²) in [4.78, 5) is 40.8. The number of nitrogens with one attached hydrogen (secondary N) is 1.